The molecule has 1 unspecified atom stereocenters. The molecule has 4 heteroatoms. The molecule has 0 fully saturated rings. The molecule has 0 saturated heterocycles. The molecule has 0 spiro atoms. The number of rotatable bonds is 3. The number of carbonyl (C=O) groups is 1. The van der Waals surface area contributed by atoms with Gasteiger partial charge in [0.1, 0.15) is 5.75 Å². The first-order chi connectivity index (χ1) is 8.27. The maximum absolute atomic E-state index is 11.5. The topological polar surface area (TPSA) is 60.8 Å². The van der Waals surface area contributed by atoms with Crippen molar-refractivity contribution < 1.29 is 15.0 Å². The van der Waals surface area contributed by atoms with Crippen molar-refractivity contribution in [1.29, 1.82) is 0 Å². The van der Waals surface area contributed by atoms with Crippen molar-refractivity contribution in [2.75, 3.05) is 0 Å². The fourth-order valence-electron chi connectivity index (χ4n) is 2.15. The van der Waals surface area contributed by atoms with Crippen LogP contribution in [0.15, 0.2) is 24.3 Å². The van der Waals surface area contributed by atoms with Gasteiger partial charge in [-0.25, -0.2) is 4.79 Å². The van der Waals surface area contributed by atoms with Gasteiger partial charge in [-0.2, -0.15) is 0 Å². The molecule has 18 heavy (non-hydrogen) atoms. The van der Waals surface area contributed by atoms with Crippen molar-refractivity contribution in [2.24, 2.45) is 0 Å². The molecule has 1 aromatic carbocycles. The number of aromatic hydroxyl groups is 1. The Hall–Kier alpha value is -1.71. The molecule has 0 saturated carbocycles. The third-order valence-corrected chi connectivity index (χ3v) is 2.91. The van der Waals surface area contributed by atoms with Gasteiger partial charge in [0, 0.05) is 5.54 Å². The first kappa shape index (κ1) is 14.4. The van der Waals surface area contributed by atoms with Crippen LogP contribution in [0.3, 0.4) is 0 Å². The highest BCUT2D eigenvalue weighted by Gasteiger charge is 2.33. The maximum Gasteiger partial charge on any atom is 0.408 e. The zero-order valence-electron chi connectivity index (χ0n) is 11.3. The van der Waals surface area contributed by atoms with Gasteiger partial charge in [0.05, 0.1) is 6.04 Å². The lowest BCUT2D eigenvalue weighted by atomic mass is 9.96. The fourth-order valence-corrected chi connectivity index (χ4v) is 2.15. The van der Waals surface area contributed by atoms with E-state index in [2.05, 4.69) is 0 Å². The van der Waals surface area contributed by atoms with Crippen LogP contribution in [0.2, 0.25) is 0 Å². The van der Waals surface area contributed by atoms with Crippen LogP contribution in [0, 0.1) is 0 Å². The van der Waals surface area contributed by atoms with Gasteiger partial charge in [0.15, 0.2) is 0 Å². The van der Waals surface area contributed by atoms with Gasteiger partial charge in [-0.3, -0.25) is 4.90 Å². The molecule has 0 aliphatic rings. The maximum atomic E-state index is 11.5. The third-order valence-electron chi connectivity index (χ3n) is 2.91. The van der Waals surface area contributed by atoms with Gasteiger partial charge in [0.2, 0.25) is 0 Å². The van der Waals surface area contributed by atoms with Crippen LogP contribution in [0.4, 0.5) is 4.79 Å². The lowest BCUT2D eigenvalue weighted by Crippen LogP contribution is -2.47. The summed E-state index contributed by atoms with van der Waals surface area (Å²) >= 11 is 0. The molecule has 0 aliphatic heterocycles. The highest BCUT2D eigenvalue weighted by molar-refractivity contribution is 5.67. The van der Waals surface area contributed by atoms with E-state index in [1.165, 1.54) is 4.90 Å². The lowest BCUT2D eigenvalue weighted by Gasteiger charge is -2.39. The smallest absolute Gasteiger partial charge is 0.408 e. The Bertz CT molecular complexity index is 406. The summed E-state index contributed by atoms with van der Waals surface area (Å²) in [7, 11) is 0. The number of nitrogens with zero attached hydrogens (tertiary/aromatic N) is 1. The largest absolute Gasteiger partial charge is 0.508 e. The number of carboxylic acid groups (broad SMARTS) is 1. The Morgan fingerprint density at radius 1 is 1.28 bits per heavy atom. The van der Waals surface area contributed by atoms with E-state index in [-0.39, 0.29) is 11.8 Å². The molecule has 2 N–H and O–H groups in total. The number of hydrogen-bond acceptors (Lipinski definition) is 2. The molecular formula is C14H21NO3. The zero-order valence-corrected chi connectivity index (χ0v) is 11.3. The van der Waals surface area contributed by atoms with Crippen molar-refractivity contribution >= 4 is 6.09 Å². The molecule has 1 rings (SSSR count). The summed E-state index contributed by atoms with van der Waals surface area (Å²) in [6.07, 6.45) is -0.239. The molecule has 1 amide bonds. The van der Waals surface area contributed by atoms with Gasteiger partial charge < -0.3 is 10.2 Å². The van der Waals surface area contributed by atoms with Crippen LogP contribution in [-0.4, -0.2) is 26.7 Å². The number of phenols is 1. The van der Waals surface area contributed by atoms with Crippen LogP contribution in [-0.2, 0) is 0 Å². The molecule has 1 aromatic rings. The average Bonchev–Trinajstić information content (AvgIpc) is 2.24. The van der Waals surface area contributed by atoms with Crippen LogP contribution in [0.25, 0.3) is 0 Å². The molecule has 100 valence electrons. The van der Waals surface area contributed by atoms with Gasteiger partial charge >= 0.3 is 6.09 Å². The van der Waals surface area contributed by atoms with Crippen molar-refractivity contribution in [2.45, 2.75) is 45.7 Å². The minimum atomic E-state index is -0.928. The average molecular weight is 251 g/mol. The van der Waals surface area contributed by atoms with E-state index in [0.29, 0.717) is 6.42 Å². The minimum absolute atomic E-state index is 0.186. The molecule has 0 heterocycles. The molecular weight excluding hydrogens is 230 g/mol. The standard InChI is InChI=1S/C14H21NO3/c1-5-12(10-6-8-11(16)9-7-10)15(13(17)18)14(2,3)4/h6-9,12,16H,5H2,1-4H3,(H,17,18). The summed E-state index contributed by atoms with van der Waals surface area (Å²) in [5.74, 6) is 0.186. The molecule has 0 aliphatic carbocycles. The highest BCUT2D eigenvalue weighted by Crippen LogP contribution is 2.31. The second kappa shape index (κ2) is 5.29. The highest BCUT2D eigenvalue weighted by atomic mass is 16.4. The number of hydrogen-bond donors (Lipinski definition) is 2. The van der Waals surface area contributed by atoms with Crippen molar-refractivity contribution in [3.05, 3.63) is 29.8 Å². The first-order valence-electron chi connectivity index (χ1n) is 6.08. The number of phenolic OH excluding ortho intramolecular Hbond substituents is 1. The van der Waals surface area contributed by atoms with Crippen molar-refractivity contribution in [3.63, 3.8) is 0 Å². The van der Waals surface area contributed by atoms with E-state index >= 15 is 0 Å². The summed E-state index contributed by atoms with van der Waals surface area (Å²) in [4.78, 5) is 12.9. The van der Waals surface area contributed by atoms with Gasteiger partial charge in [-0.15, -0.1) is 0 Å². The molecule has 0 bridgehead atoms. The van der Waals surface area contributed by atoms with E-state index < -0.39 is 11.6 Å². The molecule has 1 atom stereocenters. The second-order valence-corrected chi connectivity index (χ2v) is 5.34. The van der Waals surface area contributed by atoms with Gasteiger partial charge in [-0.05, 0) is 44.9 Å². The molecule has 4 nitrogen and oxygen atoms in total. The third kappa shape index (κ3) is 3.15. The van der Waals surface area contributed by atoms with Crippen LogP contribution in [0.5, 0.6) is 5.75 Å². The Morgan fingerprint density at radius 2 is 1.78 bits per heavy atom. The Kier molecular flexibility index (Phi) is 4.22. The lowest BCUT2D eigenvalue weighted by molar-refractivity contribution is 0.0682. The van der Waals surface area contributed by atoms with Gasteiger partial charge in [-0.1, -0.05) is 19.1 Å². The van der Waals surface area contributed by atoms with E-state index in [1.807, 2.05) is 27.7 Å². The summed E-state index contributed by atoms with van der Waals surface area (Å²) in [6, 6.07) is 6.50. The summed E-state index contributed by atoms with van der Waals surface area (Å²) in [5.41, 5.74) is 0.428. The Balaban J connectivity index is 3.14. The first-order valence-corrected chi connectivity index (χ1v) is 6.08. The summed E-state index contributed by atoms with van der Waals surface area (Å²) < 4.78 is 0. The minimum Gasteiger partial charge on any atom is -0.508 e. The normalized spacial score (nSPS) is 13.1. The quantitative estimate of drug-likeness (QED) is 0.862. The summed E-state index contributed by atoms with van der Waals surface area (Å²) in [6.45, 7) is 7.60. The van der Waals surface area contributed by atoms with E-state index in [9.17, 15) is 15.0 Å². The van der Waals surface area contributed by atoms with E-state index in [1.54, 1.807) is 24.3 Å². The predicted octanol–water partition coefficient (Wildman–Crippen LogP) is 3.62. The SMILES string of the molecule is CCC(c1ccc(O)cc1)N(C(=O)O)C(C)(C)C. The number of amides is 1. The van der Waals surface area contributed by atoms with Crippen LogP contribution >= 0.6 is 0 Å². The molecule has 0 radical (unpaired) electrons. The van der Waals surface area contributed by atoms with Gasteiger partial charge in [0.25, 0.3) is 0 Å². The van der Waals surface area contributed by atoms with E-state index in [0.717, 1.165) is 5.56 Å². The zero-order chi connectivity index (χ0) is 13.9. The predicted molar refractivity (Wildman–Crippen MR) is 70.8 cm³/mol. The second-order valence-electron chi connectivity index (χ2n) is 5.34. The monoisotopic (exact) mass is 251 g/mol. The molecule has 0 aromatic heterocycles. The Labute approximate surface area is 108 Å². The van der Waals surface area contributed by atoms with Crippen molar-refractivity contribution in [1.82, 2.24) is 4.90 Å². The van der Waals surface area contributed by atoms with Crippen LogP contribution < -0.4 is 0 Å². The number of benzene rings is 1. The summed E-state index contributed by atoms with van der Waals surface area (Å²) in [5, 5.41) is 18.7. The van der Waals surface area contributed by atoms with Crippen molar-refractivity contribution in [3.8, 4) is 5.75 Å². The van der Waals surface area contributed by atoms with E-state index in [4.69, 9.17) is 0 Å². The van der Waals surface area contributed by atoms with Crippen LogP contribution in [0.1, 0.15) is 45.7 Å². The Morgan fingerprint density at radius 3 is 2.11 bits per heavy atom. The fraction of sp³-hybridized carbons (Fsp3) is 0.500.